The quantitative estimate of drug-likeness (QED) is 0.564. The molecule has 0 amide bonds. The van der Waals surface area contributed by atoms with E-state index in [1.54, 1.807) is 0 Å². The molecule has 1 unspecified atom stereocenters. The lowest BCUT2D eigenvalue weighted by Crippen LogP contribution is -1.98. The summed E-state index contributed by atoms with van der Waals surface area (Å²) >= 11 is 10.0. The third kappa shape index (κ3) is 3.65. The third-order valence-electron chi connectivity index (χ3n) is 3.50. The molecule has 0 spiro atoms. The Bertz CT molecular complexity index is 572. The average Bonchev–Trinajstić information content (AvgIpc) is 2.41. The summed E-state index contributed by atoms with van der Waals surface area (Å²) in [6, 6.07) is 14.9. The van der Waals surface area contributed by atoms with Gasteiger partial charge >= 0.3 is 0 Å². The molecule has 0 aromatic heterocycles. The van der Waals surface area contributed by atoms with Gasteiger partial charge in [-0.2, -0.15) is 0 Å². The second-order valence-electron chi connectivity index (χ2n) is 5.66. The largest absolute Gasteiger partial charge is 0.0840 e. The van der Waals surface area contributed by atoms with Gasteiger partial charge in [-0.05, 0) is 47.6 Å². The van der Waals surface area contributed by atoms with E-state index in [1.807, 2.05) is 12.1 Å². The number of alkyl halides is 1. The van der Waals surface area contributed by atoms with Gasteiger partial charge in [0.15, 0.2) is 0 Å². The van der Waals surface area contributed by atoms with Crippen molar-refractivity contribution >= 4 is 27.5 Å². The van der Waals surface area contributed by atoms with Crippen LogP contribution in [0.25, 0.3) is 0 Å². The van der Waals surface area contributed by atoms with Crippen molar-refractivity contribution in [2.75, 3.05) is 0 Å². The van der Waals surface area contributed by atoms with Crippen LogP contribution < -0.4 is 0 Å². The lowest BCUT2D eigenvalue weighted by molar-refractivity contribution is 0.647. The van der Waals surface area contributed by atoms with Crippen molar-refractivity contribution < 1.29 is 0 Å². The highest BCUT2D eigenvalue weighted by atomic mass is 79.9. The number of hydrogen-bond donors (Lipinski definition) is 0. The molecule has 0 bridgehead atoms. The first-order chi connectivity index (χ1) is 9.49. The number of hydrogen-bond acceptors (Lipinski definition) is 0. The summed E-state index contributed by atoms with van der Waals surface area (Å²) in [6.45, 7) is 6.56. The molecule has 1 atom stereocenters. The molecule has 0 saturated carbocycles. The van der Waals surface area contributed by atoms with Gasteiger partial charge in [-0.25, -0.2) is 0 Å². The summed E-state index contributed by atoms with van der Waals surface area (Å²) in [5, 5.41) is 0.823. The van der Waals surface area contributed by atoms with Crippen molar-refractivity contribution in [2.45, 2.75) is 32.0 Å². The van der Waals surface area contributed by atoms with Crippen LogP contribution in [0.1, 0.15) is 40.9 Å². The Morgan fingerprint density at radius 1 is 1.05 bits per heavy atom. The highest BCUT2D eigenvalue weighted by molar-refractivity contribution is 9.09. The highest BCUT2D eigenvalue weighted by Gasteiger charge is 2.14. The summed E-state index contributed by atoms with van der Waals surface area (Å²) in [4.78, 5) is 0.189. The van der Waals surface area contributed by atoms with E-state index in [0.717, 1.165) is 17.0 Å². The first-order valence-electron chi connectivity index (χ1n) is 6.97. The standard InChI is InChI=1S/C18H20BrCl/c1-12(2)11-14-7-9-15(10-8-14)18(19)16-5-4-6-17(20)13(16)3/h4-10,12,18H,11H2,1-3H3. The number of rotatable bonds is 4. The van der Waals surface area contributed by atoms with Gasteiger partial charge in [-0.1, -0.05) is 77.8 Å². The van der Waals surface area contributed by atoms with Gasteiger partial charge in [0.05, 0.1) is 4.83 Å². The molecule has 0 fully saturated rings. The Morgan fingerprint density at radius 2 is 1.70 bits per heavy atom. The van der Waals surface area contributed by atoms with Crippen LogP contribution in [0, 0.1) is 12.8 Å². The van der Waals surface area contributed by atoms with E-state index in [0.29, 0.717) is 5.92 Å². The van der Waals surface area contributed by atoms with Crippen molar-refractivity contribution in [3.05, 3.63) is 69.7 Å². The molecule has 0 saturated heterocycles. The van der Waals surface area contributed by atoms with Crippen LogP contribution in [0.2, 0.25) is 5.02 Å². The minimum absolute atomic E-state index is 0.189. The minimum atomic E-state index is 0.189. The molecule has 0 N–H and O–H groups in total. The van der Waals surface area contributed by atoms with Crippen molar-refractivity contribution in [3.63, 3.8) is 0 Å². The fraction of sp³-hybridized carbons (Fsp3) is 0.333. The molecular formula is C18H20BrCl. The van der Waals surface area contributed by atoms with Gasteiger partial charge in [0.2, 0.25) is 0 Å². The molecule has 0 radical (unpaired) electrons. The van der Waals surface area contributed by atoms with E-state index in [-0.39, 0.29) is 4.83 Å². The molecule has 0 nitrogen and oxygen atoms in total. The molecule has 2 rings (SSSR count). The van der Waals surface area contributed by atoms with Crippen molar-refractivity contribution in [1.29, 1.82) is 0 Å². The van der Waals surface area contributed by atoms with E-state index in [1.165, 1.54) is 16.7 Å². The Kier molecular flexibility index (Phi) is 5.29. The number of benzene rings is 2. The predicted molar refractivity (Wildman–Crippen MR) is 91.9 cm³/mol. The first kappa shape index (κ1) is 15.6. The van der Waals surface area contributed by atoms with Crippen LogP contribution in [0.5, 0.6) is 0 Å². The fourth-order valence-corrected chi connectivity index (χ4v) is 3.36. The van der Waals surface area contributed by atoms with Crippen LogP contribution in [0.15, 0.2) is 42.5 Å². The summed E-state index contributed by atoms with van der Waals surface area (Å²) in [5.74, 6) is 0.691. The van der Waals surface area contributed by atoms with Gasteiger partial charge in [-0.15, -0.1) is 0 Å². The van der Waals surface area contributed by atoms with Crippen molar-refractivity contribution in [2.24, 2.45) is 5.92 Å². The maximum absolute atomic E-state index is 6.21. The van der Waals surface area contributed by atoms with E-state index in [2.05, 4.69) is 67.0 Å². The Balaban J connectivity index is 2.25. The zero-order valence-corrected chi connectivity index (χ0v) is 14.5. The molecule has 0 aliphatic carbocycles. The van der Waals surface area contributed by atoms with E-state index >= 15 is 0 Å². The second kappa shape index (κ2) is 6.78. The lowest BCUT2D eigenvalue weighted by Gasteiger charge is -2.15. The molecule has 2 heteroatoms. The summed E-state index contributed by atoms with van der Waals surface area (Å²) in [6.07, 6.45) is 1.13. The molecule has 106 valence electrons. The number of halogens is 2. The highest BCUT2D eigenvalue weighted by Crippen LogP contribution is 2.35. The van der Waals surface area contributed by atoms with E-state index in [4.69, 9.17) is 11.6 Å². The average molecular weight is 352 g/mol. The van der Waals surface area contributed by atoms with Crippen LogP contribution >= 0.6 is 27.5 Å². The molecule has 2 aromatic carbocycles. The normalized spacial score (nSPS) is 12.7. The predicted octanol–water partition coefficient (Wildman–Crippen LogP) is 6.33. The monoisotopic (exact) mass is 350 g/mol. The van der Waals surface area contributed by atoms with Crippen LogP contribution in [-0.2, 0) is 6.42 Å². The summed E-state index contributed by atoms with van der Waals surface area (Å²) in [7, 11) is 0. The molecule has 2 aromatic rings. The van der Waals surface area contributed by atoms with Crippen LogP contribution in [-0.4, -0.2) is 0 Å². The maximum Gasteiger partial charge on any atom is 0.0647 e. The summed E-state index contributed by atoms with van der Waals surface area (Å²) in [5.41, 5.74) is 5.03. The zero-order valence-electron chi connectivity index (χ0n) is 12.2. The fourth-order valence-electron chi connectivity index (χ4n) is 2.37. The second-order valence-corrected chi connectivity index (χ2v) is 6.98. The Morgan fingerprint density at radius 3 is 2.30 bits per heavy atom. The smallest absolute Gasteiger partial charge is 0.0647 e. The molecular weight excluding hydrogens is 332 g/mol. The van der Waals surface area contributed by atoms with Gasteiger partial charge < -0.3 is 0 Å². The minimum Gasteiger partial charge on any atom is -0.0840 e. The van der Waals surface area contributed by atoms with Crippen LogP contribution in [0.3, 0.4) is 0 Å². The molecule has 0 aliphatic rings. The van der Waals surface area contributed by atoms with Crippen molar-refractivity contribution in [3.8, 4) is 0 Å². The lowest BCUT2D eigenvalue weighted by atomic mass is 9.97. The SMILES string of the molecule is Cc1c(Cl)cccc1C(Br)c1ccc(CC(C)C)cc1. The van der Waals surface area contributed by atoms with Gasteiger partial charge in [-0.3, -0.25) is 0 Å². The maximum atomic E-state index is 6.21. The molecule has 0 aliphatic heterocycles. The van der Waals surface area contributed by atoms with Gasteiger partial charge in [0, 0.05) is 5.02 Å². The van der Waals surface area contributed by atoms with Gasteiger partial charge in [0.25, 0.3) is 0 Å². The molecule has 20 heavy (non-hydrogen) atoms. The Hall–Kier alpha value is -0.790. The van der Waals surface area contributed by atoms with Gasteiger partial charge in [0.1, 0.15) is 0 Å². The van der Waals surface area contributed by atoms with E-state index < -0.39 is 0 Å². The zero-order chi connectivity index (χ0) is 14.7. The van der Waals surface area contributed by atoms with E-state index in [9.17, 15) is 0 Å². The first-order valence-corrected chi connectivity index (χ1v) is 8.26. The van der Waals surface area contributed by atoms with Crippen molar-refractivity contribution in [1.82, 2.24) is 0 Å². The topological polar surface area (TPSA) is 0 Å². The Labute approximate surface area is 135 Å². The van der Waals surface area contributed by atoms with Crippen LogP contribution in [0.4, 0.5) is 0 Å². The summed E-state index contributed by atoms with van der Waals surface area (Å²) < 4.78 is 0. The molecule has 0 heterocycles. The third-order valence-corrected chi connectivity index (χ3v) is 4.93.